The lowest BCUT2D eigenvalue weighted by atomic mass is 9.73. The molecule has 1 fully saturated rings. The summed E-state index contributed by atoms with van der Waals surface area (Å²) in [5.74, 6) is -0.850. The number of aliphatic hydroxyl groups is 1. The van der Waals surface area contributed by atoms with Gasteiger partial charge in [0.1, 0.15) is 5.60 Å². The predicted molar refractivity (Wildman–Crippen MR) is 94.8 cm³/mol. The predicted octanol–water partition coefficient (Wildman–Crippen LogP) is 2.45. The molecule has 0 spiro atoms. The molecule has 0 aromatic heterocycles. The number of likely N-dealkylation sites (N-methyl/N-ethyl adjacent to an activating group) is 1. The fourth-order valence-electron chi connectivity index (χ4n) is 3.76. The van der Waals surface area contributed by atoms with E-state index in [1.165, 1.54) is 11.9 Å². The molecular formula is C20H22N2O3. The topological polar surface area (TPSA) is 60.9 Å². The first-order chi connectivity index (χ1) is 11.9. The second kappa shape index (κ2) is 6.33. The number of urea groups is 1. The summed E-state index contributed by atoms with van der Waals surface area (Å²) < 4.78 is 0. The maximum absolute atomic E-state index is 12.6. The van der Waals surface area contributed by atoms with Gasteiger partial charge in [-0.2, -0.15) is 0 Å². The number of rotatable bonds is 3. The Kier molecular flexibility index (Phi) is 4.35. The summed E-state index contributed by atoms with van der Waals surface area (Å²) in [7, 11) is 3.10. The molecule has 5 nitrogen and oxygen atoms in total. The molecule has 1 heterocycles. The molecule has 2 atom stereocenters. The molecule has 2 aromatic rings. The second-order valence-corrected chi connectivity index (χ2v) is 6.52. The number of imide groups is 1. The van der Waals surface area contributed by atoms with Crippen LogP contribution in [0.5, 0.6) is 0 Å². The molecule has 3 rings (SSSR count). The molecule has 130 valence electrons. The van der Waals surface area contributed by atoms with Crippen molar-refractivity contribution in [3.8, 4) is 0 Å². The summed E-state index contributed by atoms with van der Waals surface area (Å²) >= 11 is 0. The number of nitrogens with zero attached hydrogens (tertiary/aromatic N) is 2. The maximum atomic E-state index is 12.6. The monoisotopic (exact) mass is 338 g/mol. The summed E-state index contributed by atoms with van der Waals surface area (Å²) in [5, 5.41) is 11.9. The maximum Gasteiger partial charge on any atom is 0.326 e. The van der Waals surface area contributed by atoms with Crippen LogP contribution >= 0.6 is 0 Å². The molecule has 0 bridgehead atoms. The largest absolute Gasteiger partial charge is 0.378 e. The molecule has 2 aromatic carbocycles. The molecule has 1 aliphatic heterocycles. The number of benzene rings is 2. The highest BCUT2D eigenvalue weighted by Gasteiger charge is 2.52. The van der Waals surface area contributed by atoms with Gasteiger partial charge in [-0.3, -0.25) is 9.69 Å². The lowest BCUT2D eigenvalue weighted by molar-refractivity contribution is -0.142. The van der Waals surface area contributed by atoms with Crippen molar-refractivity contribution < 1.29 is 14.7 Å². The van der Waals surface area contributed by atoms with E-state index >= 15 is 0 Å². The van der Waals surface area contributed by atoms with Crippen molar-refractivity contribution in [1.82, 2.24) is 9.80 Å². The first-order valence-electron chi connectivity index (χ1n) is 8.26. The summed E-state index contributed by atoms with van der Waals surface area (Å²) in [6.45, 7) is 1.75. The van der Waals surface area contributed by atoms with Crippen LogP contribution < -0.4 is 0 Å². The van der Waals surface area contributed by atoms with Gasteiger partial charge in [0.25, 0.3) is 0 Å². The minimum atomic E-state index is -1.50. The Bertz CT molecular complexity index is 715. The van der Waals surface area contributed by atoms with E-state index in [1.807, 2.05) is 60.7 Å². The fraction of sp³-hybridized carbons (Fsp3) is 0.300. The second-order valence-electron chi connectivity index (χ2n) is 6.52. The lowest BCUT2D eigenvalue weighted by Crippen LogP contribution is -2.65. The Hall–Kier alpha value is -2.66. The van der Waals surface area contributed by atoms with Crippen molar-refractivity contribution in [2.24, 2.45) is 5.92 Å². The average molecular weight is 338 g/mol. The van der Waals surface area contributed by atoms with Crippen LogP contribution in [0, 0.1) is 5.92 Å². The number of carbonyl (C=O) groups is 2. The van der Waals surface area contributed by atoms with Gasteiger partial charge in [-0.15, -0.1) is 0 Å². The number of hydrogen-bond acceptors (Lipinski definition) is 3. The van der Waals surface area contributed by atoms with Crippen molar-refractivity contribution in [3.05, 3.63) is 71.8 Å². The van der Waals surface area contributed by atoms with Crippen molar-refractivity contribution in [3.63, 3.8) is 0 Å². The average Bonchev–Trinajstić information content (AvgIpc) is 2.66. The molecule has 0 saturated carbocycles. The number of hydrogen-bond donors (Lipinski definition) is 1. The summed E-state index contributed by atoms with van der Waals surface area (Å²) in [6, 6.07) is 17.2. The summed E-state index contributed by atoms with van der Waals surface area (Å²) in [4.78, 5) is 27.7. The van der Waals surface area contributed by atoms with E-state index in [9.17, 15) is 14.7 Å². The van der Waals surface area contributed by atoms with Crippen LogP contribution in [0.15, 0.2) is 60.7 Å². The number of amides is 3. The van der Waals surface area contributed by atoms with Gasteiger partial charge < -0.3 is 10.0 Å². The van der Waals surface area contributed by atoms with Gasteiger partial charge in [0.2, 0.25) is 5.91 Å². The third-order valence-electron chi connectivity index (χ3n) is 5.06. The molecule has 1 aliphatic rings. The van der Waals surface area contributed by atoms with Crippen LogP contribution in [0.25, 0.3) is 0 Å². The minimum Gasteiger partial charge on any atom is -0.378 e. The van der Waals surface area contributed by atoms with E-state index in [1.54, 1.807) is 14.0 Å². The highest BCUT2D eigenvalue weighted by Crippen LogP contribution is 2.40. The van der Waals surface area contributed by atoms with E-state index in [2.05, 4.69) is 0 Å². The summed E-state index contributed by atoms with van der Waals surface area (Å²) in [5.41, 5.74) is -0.200. The van der Waals surface area contributed by atoms with Crippen LogP contribution in [-0.2, 0) is 10.4 Å². The Balaban J connectivity index is 2.22. The molecule has 0 aliphatic carbocycles. The van der Waals surface area contributed by atoms with E-state index in [-0.39, 0.29) is 5.91 Å². The van der Waals surface area contributed by atoms with Crippen molar-refractivity contribution in [2.45, 2.75) is 18.6 Å². The van der Waals surface area contributed by atoms with Gasteiger partial charge in [-0.1, -0.05) is 67.6 Å². The zero-order chi connectivity index (χ0) is 18.2. The van der Waals surface area contributed by atoms with Crippen molar-refractivity contribution in [1.29, 1.82) is 0 Å². The normalized spacial score (nSPS) is 21.6. The van der Waals surface area contributed by atoms with E-state index in [4.69, 9.17) is 0 Å². The van der Waals surface area contributed by atoms with Crippen LogP contribution in [0.3, 0.4) is 0 Å². The molecule has 1 saturated heterocycles. The Morgan fingerprint density at radius 2 is 1.32 bits per heavy atom. The van der Waals surface area contributed by atoms with Crippen LogP contribution in [0.4, 0.5) is 4.79 Å². The first kappa shape index (κ1) is 17.2. The van der Waals surface area contributed by atoms with Gasteiger partial charge in [-0.05, 0) is 11.1 Å². The summed E-state index contributed by atoms with van der Waals surface area (Å²) in [6.07, 6.45) is 0. The Labute approximate surface area is 147 Å². The zero-order valence-corrected chi connectivity index (χ0v) is 14.6. The first-order valence-corrected chi connectivity index (χ1v) is 8.26. The Morgan fingerprint density at radius 3 is 1.76 bits per heavy atom. The van der Waals surface area contributed by atoms with E-state index in [0.717, 1.165) is 4.90 Å². The molecule has 1 N–H and O–H groups in total. The van der Waals surface area contributed by atoms with Crippen molar-refractivity contribution in [2.75, 3.05) is 14.1 Å². The van der Waals surface area contributed by atoms with Gasteiger partial charge in [0, 0.05) is 14.1 Å². The third-order valence-corrected chi connectivity index (χ3v) is 5.06. The van der Waals surface area contributed by atoms with Crippen LogP contribution in [-0.4, -0.2) is 47.0 Å². The lowest BCUT2D eigenvalue weighted by Gasteiger charge is -2.48. The Morgan fingerprint density at radius 1 is 0.880 bits per heavy atom. The SMILES string of the molecule is C[C@@H]1C(=O)N(C)C(=O)N(C)[C@H]1C(O)(c1ccccc1)c1ccccc1. The minimum absolute atomic E-state index is 0.293. The van der Waals surface area contributed by atoms with Gasteiger partial charge in [0.05, 0.1) is 12.0 Å². The zero-order valence-electron chi connectivity index (χ0n) is 14.6. The van der Waals surface area contributed by atoms with Gasteiger partial charge in [0.15, 0.2) is 0 Å². The highest BCUT2D eigenvalue weighted by atomic mass is 16.3. The molecule has 3 amide bonds. The molecule has 5 heteroatoms. The van der Waals surface area contributed by atoms with E-state index < -0.39 is 23.6 Å². The highest BCUT2D eigenvalue weighted by molar-refractivity contribution is 5.98. The van der Waals surface area contributed by atoms with Crippen LogP contribution in [0.2, 0.25) is 0 Å². The standard InChI is InChI=1S/C20H22N2O3/c1-14-17(21(2)19(24)22(3)18(14)23)20(25,15-10-6-4-7-11-15)16-12-8-5-9-13-16/h4-14,17,25H,1-3H3/t14-,17+/m0/s1. The van der Waals surface area contributed by atoms with Crippen molar-refractivity contribution >= 4 is 11.9 Å². The van der Waals surface area contributed by atoms with Gasteiger partial charge in [-0.25, -0.2) is 4.79 Å². The quantitative estimate of drug-likeness (QED) is 0.935. The smallest absolute Gasteiger partial charge is 0.326 e. The third kappa shape index (κ3) is 2.61. The molecular weight excluding hydrogens is 316 g/mol. The molecule has 0 unspecified atom stereocenters. The van der Waals surface area contributed by atoms with Crippen LogP contribution in [0.1, 0.15) is 18.1 Å². The molecule has 0 radical (unpaired) electrons. The number of carbonyl (C=O) groups excluding carboxylic acids is 2. The molecule has 25 heavy (non-hydrogen) atoms. The van der Waals surface area contributed by atoms with Gasteiger partial charge >= 0.3 is 6.03 Å². The van der Waals surface area contributed by atoms with E-state index in [0.29, 0.717) is 11.1 Å². The fourth-order valence-corrected chi connectivity index (χ4v) is 3.76.